The second kappa shape index (κ2) is 8.56. The lowest BCUT2D eigenvalue weighted by Crippen LogP contribution is -2.38. The zero-order valence-electron chi connectivity index (χ0n) is 15.6. The van der Waals surface area contributed by atoms with Crippen molar-refractivity contribution in [2.75, 3.05) is 32.8 Å². The van der Waals surface area contributed by atoms with Crippen LogP contribution in [0.15, 0.2) is 59.4 Å². The van der Waals surface area contributed by atoms with Gasteiger partial charge in [-0.2, -0.15) is 0 Å². The number of nitrogens with one attached hydrogen (secondary N) is 1. The summed E-state index contributed by atoms with van der Waals surface area (Å²) in [6, 6.07) is 16.8. The van der Waals surface area contributed by atoms with Gasteiger partial charge in [0, 0.05) is 31.1 Å². The van der Waals surface area contributed by atoms with Gasteiger partial charge in [-0.1, -0.05) is 36.4 Å². The SMILES string of the molecule is O=c1ccc2c(C(O)CN3CCOCC3)ccc(OCc3ccccc3)c2[nH]1. The van der Waals surface area contributed by atoms with E-state index in [0.29, 0.717) is 37.6 Å². The third kappa shape index (κ3) is 4.25. The van der Waals surface area contributed by atoms with E-state index in [2.05, 4.69) is 9.88 Å². The first-order valence-electron chi connectivity index (χ1n) is 9.51. The van der Waals surface area contributed by atoms with Gasteiger partial charge >= 0.3 is 0 Å². The third-order valence-electron chi connectivity index (χ3n) is 5.02. The van der Waals surface area contributed by atoms with Gasteiger partial charge in [-0.05, 0) is 23.3 Å². The van der Waals surface area contributed by atoms with Gasteiger partial charge in [0.05, 0.1) is 24.8 Å². The lowest BCUT2D eigenvalue weighted by molar-refractivity contribution is 0.0146. The van der Waals surface area contributed by atoms with E-state index in [9.17, 15) is 9.90 Å². The summed E-state index contributed by atoms with van der Waals surface area (Å²) in [5.41, 5.74) is 2.24. The fraction of sp³-hybridized carbons (Fsp3) is 0.318. The van der Waals surface area contributed by atoms with Crippen LogP contribution >= 0.6 is 0 Å². The smallest absolute Gasteiger partial charge is 0.248 e. The maximum absolute atomic E-state index is 11.9. The number of morpholine rings is 1. The highest BCUT2D eigenvalue weighted by molar-refractivity contribution is 5.87. The van der Waals surface area contributed by atoms with E-state index in [-0.39, 0.29) is 5.56 Å². The Hall–Kier alpha value is -2.67. The maximum Gasteiger partial charge on any atom is 0.248 e. The molecule has 0 saturated carbocycles. The molecule has 0 spiro atoms. The van der Waals surface area contributed by atoms with Crippen LogP contribution in [-0.4, -0.2) is 47.8 Å². The van der Waals surface area contributed by atoms with Crippen LogP contribution in [0.3, 0.4) is 0 Å². The number of H-pyrrole nitrogens is 1. The molecule has 1 atom stereocenters. The standard InChI is InChI=1S/C22H24N2O4/c25-19(14-24-10-12-27-13-11-24)17-6-8-20(22-18(17)7-9-21(26)23-22)28-15-16-4-2-1-3-5-16/h1-9,19,25H,10-15H2,(H,23,26). The summed E-state index contributed by atoms with van der Waals surface area (Å²) >= 11 is 0. The van der Waals surface area contributed by atoms with Gasteiger partial charge in [0.25, 0.3) is 0 Å². The van der Waals surface area contributed by atoms with E-state index in [0.717, 1.165) is 29.6 Å². The number of hydrogen-bond acceptors (Lipinski definition) is 5. The van der Waals surface area contributed by atoms with E-state index < -0.39 is 6.10 Å². The molecule has 6 nitrogen and oxygen atoms in total. The molecule has 1 fully saturated rings. The van der Waals surface area contributed by atoms with Crippen molar-refractivity contribution in [1.82, 2.24) is 9.88 Å². The molecule has 0 radical (unpaired) electrons. The van der Waals surface area contributed by atoms with Crippen LogP contribution in [0.4, 0.5) is 0 Å². The molecule has 1 aliphatic heterocycles. The molecular weight excluding hydrogens is 356 g/mol. The molecule has 6 heteroatoms. The topological polar surface area (TPSA) is 74.8 Å². The van der Waals surface area contributed by atoms with Crippen molar-refractivity contribution in [3.8, 4) is 5.75 Å². The molecule has 0 aliphatic carbocycles. The average molecular weight is 380 g/mol. The minimum atomic E-state index is -0.658. The molecule has 2 N–H and O–H groups in total. The van der Waals surface area contributed by atoms with E-state index in [1.807, 2.05) is 42.5 Å². The van der Waals surface area contributed by atoms with Gasteiger partial charge in [0.15, 0.2) is 0 Å². The Balaban J connectivity index is 1.61. The second-order valence-electron chi connectivity index (χ2n) is 6.97. The number of aromatic amines is 1. The van der Waals surface area contributed by atoms with Gasteiger partial charge < -0.3 is 19.6 Å². The quantitative estimate of drug-likeness (QED) is 0.687. The highest BCUT2D eigenvalue weighted by Crippen LogP contribution is 2.30. The Morgan fingerprint density at radius 2 is 1.86 bits per heavy atom. The lowest BCUT2D eigenvalue weighted by Gasteiger charge is -2.29. The number of β-amino-alcohol motifs (C(OH)–C–C–N with tert-alkyl or cyclic N) is 1. The van der Waals surface area contributed by atoms with Crippen LogP contribution in [0, 0.1) is 0 Å². The number of fused-ring (bicyclic) bond motifs is 1. The van der Waals surface area contributed by atoms with E-state index in [1.165, 1.54) is 6.07 Å². The average Bonchev–Trinajstić information content (AvgIpc) is 2.73. The number of rotatable bonds is 6. The van der Waals surface area contributed by atoms with Crippen molar-refractivity contribution in [2.45, 2.75) is 12.7 Å². The van der Waals surface area contributed by atoms with Gasteiger partial charge in [0.1, 0.15) is 12.4 Å². The predicted octanol–water partition coefficient (Wildman–Crippen LogP) is 2.47. The zero-order valence-corrected chi connectivity index (χ0v) is 15.6. The van der Waals surface area contributed by atoms with Crippen LogP contribution in [0.5, 0.6) is 5.75 Å². The Labute approximate surface area is 163 Å². The Kier molecular flexibility index (Phi) is 5.71. The highest BCUT2D eigenvalue weighted by atomic mass is 16.5. The molecule has 1 aliphatic rings. The van der Waals surface area contributed by atoms with Gasteiger partial charge in [0.2, 0.25) is 5.56 Å². The van der Waals surface area contributed by atoms with Crippen molar-refractivity contribution < 1.29 is 14.6 Å². The molecule has 2 aromatic carbocycles. The van der Waals surface area contributed by atoms with Gasteiger partial charge in [-0.3, -0.25) is 9.69 Å². The Morgan fingerprint density at radius 1 is 1.07 bits per heavy atom. The van der Waals surface area contributed by atoms with Crippen molar-refractivity contribution >= 4 is 10.9 Å². The van der Waals surface area contributed by atoms with Crippen molar-refractivity contribution in [1.29, 1.82) is 0 Å². The first-order valence-corrected chi connectivity index (χ1v) is 9.51. The minimum Gasteiger partial charge on any atom is -0.487 e. The number of aliphatic hydroxyl groups is 1. The molecule has 1 saturated heterocycles. The minimum absolute atomic E-state index is 0.197. The maximum atomic E-state index is 11.9. The molecule has 0 bridgehead atoms. The molecule has 3 aromatic rings. The van der Waals surface area contributed by atoms with E-state index >= 15 is 0 Å². The summed E-state index contributed by atoms with van der Waals surface area (Å²) in [5.74, 6) is 0.596. The predicted molar refractivity (Wildman–Crippen MR) is 108 cm³/mol. The molecule has 4 rings (SSSR count). The van der Waals surface area contributed by atoms with Gasteiger partial charge in [-0.15, -0.1) is 0 Å². The van der Waals surface area contributed by atoms with Crippen molar-refractivity contribution in [2.24, 2.45) is 0 Å². The summed E-state index contributed by atoms with van der Waals surface area (Å²) in [7, 11) is 0. The molecule has 28 heavy (non-hydrogen) atoms. The number of benzene rings is 2. The zero-order chi connectivity index (χ0) is 19.3. The van der Waals surface area contributed by atoms with Crippen LogP contribution < -0.4 is 10.3 Å². The van der Waals surface area contributed by atoms with Crippen molar-refractivity contribution in [3.63, 3.8) is 0 Å². The monoisotopic (exact) mass is 380 g/mol. The van der Waals surface area contributed by atoms with Crippen LogP contribution in [-0.2, 0) is 11.3 Å². The van der Waals surface area contributed by atoms with E-state index in [1.54, 1.807) is 6.07 Å². The number of aliphatic hydroxyl groups excluding tert-OH is 1. The molecule has 1 aromatic heterocycles. The fourth-order valence-electron chi connectivity index (χ4n) is 3.52. The Morgan fingerprint density at radius 3 is 2.64 bits per heavy atom. The third-order valence-corrected chi connectivity index (χ3v) is 5.02. The lowest BCUT2D eigenvalue weighted by atomic mass is 10.0. The number of pyridine rings is 1. The van der Waals surface area contributed by atoms with Gasteiger partial charge in [-0.25, -0.2) is 0 Å². The number of aromatic nitrogens is 1. The molecule has 1 unspecified atom stereocenters. The van der Waals surface area contributed by atoms with Crippen LogP contribution in [0.25, 0.3) is 10.9 Å². The normalized spacial score (nSPS) is 16.2. The highest BCUT2D eigenvalue weighted by Gasteiger charge is 2.19. The summed E-state index contributed by atoms with van der Waals surface area (Å²) < 4.78 is 11.3. The fourth-order valence-corrected chi connectivity index (χ4v) is 3.52. The summed E-state index contributed by atoms with van der Waals surface area (Å²) in [6.07, 6.45) is -0.658. The first-order chi connectivity index (χ1) is 13.7. The summed E-state index contributed by atoms with van der Waals surface area (Å²) in [4.78, 5) is 17.0. The molecular formula is C22H24N2O4. The summed E-state index contributed by atoms with van der Waals surface area (Å²) in [6.45, 7) is 3.93. The molecule has 2 heterocycles. The molecule has 0 amide bonds. The van der Waals surface area contributed by atoms with Crippen molar-refractivity contribution in [3.05, 3.63) is 76.1 Å². The first kappa shape index (κ1) is 18.7. The molecule has 146 valence electrons. The van der Waals surface area contributed by atoms with E-state index in [4.69, 9.17) is 9.47 Å². The second-order valence-corrected chi connectivity index (χ2v) is 6.97. The van der Waals surface area contributed by atoms with Crippen LogP contribution in [0.2, 0.25) is 0 Å². The summed E-state index contributed by atoms with van der Waals surface area (Å²) in [5, 5.41) is 11.6. The number of ether oxygens (including phenoxy) is 2. The number of nitrogens with zero attached hydrogens (tertiary/aromatic N) is 1. The largest absolute Gasteiger partial charge is 0.487 e. The van der Waals surface area contributed by atoms with Crippen LogP contribution in [0.1, 0.15) is 17.2 Å². The number of hydrogen-bond donors (Lipinski definition) is 2. The Bertz CT molecular complexity index is 981.